The molecule has 5 rings (SSSR count). The summed E-state index contributed by atoms with van der Waals surface area (Å²) in [5, 5.41) is 0.668. The molecule has 3 aromatic heterocycles. The summed E-state index contributed by atoms with van der Waals surface area (Å²) in [5.41, 5.74) is 5.62. The first-order valence-corrected chi connectivity index (χ1v) is 12.2. The Morgan fingerprint density at radius 1 is 1.06 bits per heavy atom. The molecule has 186 valence electrons. The van der Waals surface area contributed by atoms with E-state index in [1.54, 1.807) is 18.7 Å². The highest BCUT2D eigenvalue weighted by Gasteiger charge is 2.26. The van der Waals surface area contributed by atoms with Crippen molar-refractivity contribution in [1.29, 1.82) is 0 Å². The van der Waals surface area contributed by atoms with Crippen LogP contribution in [-0.4, -0.2) is 60.8 Å². The summed E-state index contributed by atoms with van der Waals surface area (Å²) in [5.74, 6) is 0.758. The number of hydrogen-bond acceptors (Lipinski definition) is 6. The Labute approximate surface area is 210 Å². The van der Waals surface area contributed by atoms with Gasteiger partial charge in [0.2, 0.25) is 11.9 Å². The fourth-order valence-corrected chi connectivity index (χ4v) is 4.88. The predicted molar refractivity (Wildman–Crippen MR) is 140 cm³/mol. The minimum atomic E-state index is -0.0351. The molecule has 0 N–H and O–H groups in total. The Kier molecular flexibility index (Phi) is 6.07. The third-order valence-electron chi connectivity index (χ3n) is 7.10. The van der Waals surface area contributed by atoms with E-state index in [0.717, 1.165) is 33.6 Å². The van der Waals surface area contributed by atoms with Crippen LogP contribution >= 0.6 is 0 Å². The second-order valence-corrected chi connectivity index (χ2v) is 9.61. The molecule has 1 aliphatic rings. The molecule has 0 radical (unpaired) electrons. The maximum absolute atomic E-state index is 12.9. The number of aryl methyl sites for hydroxylation is 2. The molecule has 1 saturated heterocycles. The van der Waals surface area contributed by atoms with E-state index in [1.165, 1.54) is 0 Å². The van der Waals surface area contributed by atoms with Gasteiger partial charge in [0, 0.05) is 63.3 Å². The molecule has 36 heavy (non-hydrogen) atoms. The molecule has 9 heteroatoms. The number of benzene rings is 1. The van der Waals surface area contributed by atoms with Crippen molar-refractivity contribution < 1.29 is 4.79 Å². The molecule has 4 heterocycles. The third kappa shape index (κ3) is 4.25. The molecule has 0 spiro atoms. The zero-order valence-electron chi connectivity index (χ0n) is 21.4. The van der Waals surface area contributed by atoms with Crippen molar-refractivity contribution in [2.24, 2.45) is 7.05 Å². The standard InChI is InChI=1S/C27H31N7O2/c1-17-6-7-18(2)30-24(17)16-34-25-12-21(8-9-23(25)26(36)31(34)5)22-13-28-27(29-14-22)33-11-10-32(20(4)35)15-19(33)3/h6-9,12-14,19H,10-11,15-16H2,1-5H3/t19-/m1/s1. The first kappa shape index (κ1) is 23.7. The summed E-state index contributed by atoms with van der Waals surface area (Å²) < 4.78 is 3.63. The monoisotopic (exact) mass is 485 g/mol. The Morgan fingerprint density at radius 2 is 1.81 bits per heavy atom. The lowest BCUT2D eigenvalue weighted by molar-refractivity contribution is -0.129. The topological polar surface area (TPSA) is 89.2 Å². The van der Waals surface area contributed by atoms with Crippen LogP contribution in [0.25, 0.3) is 22.0 Å². The highest BCUT2D eigenvalue weighted by molar-refractivity contribution is 5.84. The smallest absolute Gasteiger partial charge is 0.274 e. The van der Waals surface area contributed by atoms with Gasteiger partial charge in [0.1, 0.15) is 0 Å². The fraction of sp³-hybridized carbons (Fsp3) is 0.370. The predicted octanol–water partition coefficient (Wildman–Crippen LogP) is 2.91. The number of aromatic nitrogens is 5. The van der Waals surface area contributed by atoms with Crippen LogP contribution in [0.4, 0.5) is 5.95 Å². The molecule has 0 bridgehead atoms. The Hall–Kier alpha value is -4.01. The van der Waals surface area contributed by atoms with Gasteiger partial charge in [-0.15, -0.1) is 0 Å². The fourth-order valence-electron chi connectivity index (χ4n) is 4.88. The summed E-state index contributed by atoms with van der Waals surface area (Å²) in [6.07, 6.45) is 3.65. The largest absolute Gasteiger partial charge is 0.339 e. The van der Waals surface area contributed by atoms with E-state index in [9.17, 15) is 9.59 Å². The lowest BCUT2D eigenvalue weighted by Crippen LogP contribution is -2.53. The number of pyridine rings is 1. The first-order chi connectivity index (χ1) is 17.2. The number of carbonyl (C=O) groups is 1. The SMILES string of the molecule is CC(=O)N1CCN(c2ncc(-c3ccc4c(=O)n(C)n(Cc5nc(C)ccc5C)c4c3)cn2)[C@H](C)C1. The molecule has 1 aliphatic heterocycles. The zero-order valence-corrected chi connectivity index (χ0v) is 21.4. The van der Waals surface area contributed by atoms with Crippen LogP contribution in [0.2, 0.25) is 0 Å². The zero-order chi connectivity index (χ0) is 25.6. The average molecular weight is 486 g/mol. The van der Waals surface area contributed by atoms with Crippen molar-refractivity contribution in [2.75, 3.05) is 24.5 Å². The van der Waals surface area contributed by atoms with Gasteiger partial charge in [0.25, 0.3) is 5.56 Å². The van der Waals surface area contributed by atoms with Crippen molar-refractivity contribution in [3.8, 4) is 11.1 Å². The van der Waals surface area contributed by atoms with Crippen LogP contribution in [0.1, 0.15) is 30.8 Å². The van der Waals surface area contributed by atoms with E-state index in [0.29, 0.717) is 37.5 Å². The van der Waals surface area contributed by atoms with E-state index >= 15 is 0 Å². The number of piperazine rings is 1. The van der Waals surface area contributed by atoms with Crippen molar-refractivity contribution in [2.45, 2.75) is 40.3 Å². The average Bonchev–Trinajstić information content (AvgIpc) is 3.10. The summed E-state index contributed by atoms with van der Waals surface area (Å²) >= 11 is 0. The molecule has 9 nitrogen and oxygen atoms in total. The molecule has 4 aromatic rings. The van der Waals surface area contributed by atoms with Crippen LogP contribution in [0.3, 0.4) is 0 Å². The second-order valence-electron chi connectivity index (χ2n) is 9.61. The third-order valence-corrected chi connectivity index (χ3v) is 7.10. The summed E-state index contributed by atoms with van der Waals surface area (Å²) in [4.78, 5) is 42.6. The van der Waals surface area contributed by atoms with E-state index in [1.807, 2.05) is 60.1 Å². The van der Waals surface area contributed by atoms with E-state index < -0.39 is 0 Å². The number of carbonyl (C=O) groups excluding carboxylic acids is 1. The number of nitrogens with zero attached hydrogens (tertiary/aromatic N) is 7. The number of hydrogen-bond donors (Lipinski definition) is 0. The Bertz CT molecular complexity index is 1500. The molecule has 1 aromatic carbocycles. The van der Waals surface area contributed by atoms with Crippen LogP contribution < -0.4 is 10.5 Å². The van der Waals surface area contributed by atoms with Crippen LogP contribution in [-0.2, 0) is 18.4 Å². The van der Waals surface area contributed by atoms with Crippen molar-refractivity contribution in [1.82, 2.24) is 29.2 Å². The molecule has 0 unspecified atom stereocenters. The normalized spacial score (nSPS) is 16.1. The highest BCUT2D eigenvalue weighted by Crippen LogP contribution is 2.25. The van der Waals surface area contributed by atoms with Crippen molar-refractivity contribution >= 4 is 22.8 Å². The molecule has 1 amide bonds. The van der Waals surface area contributed by atoms with Gasteiger partial charge in [-0.1, -0.05) is 12.1 Å². The first-order valence-electron chi connectivity index (χ1n) is 12.2. The van der Waals surface area contributed by atoms with Gasteiger partial charge in [-0.25, -0.2) is 9.97 Å². The number of rotatable bonds is 4. The highest BCUT2D eigenvalue weighted by atomic mass is 16.2. The summed E-state index contributed by atoms with van der Waals surface area (Å²) in [7, 11) is 1.79. The quantitative estimate of drug-likeness (QED) is 0.442. The summed E-state index contributed by atoms with van der Waals surface area (Å²) in [6.45, 7) is 10.2. The van der Waals surface area contributed by atoms with E-state index in [2.05, 4.69) is 27.9 Å². The molecule has 0 saturated carbocycles. The second kappa shape index (κ2) is 9.22. The summed E-state index contributed by atoms with van der Waals surface area (Å²) in [6, 6.07) is 10.0. The van der Waals surface area contributed by atoms with Gasteiger partial charge < -0.3 is 9.80 Å². The molecule has 1 atom stereocenters. The van der Waals surface area contributed by atoms with Crippen LogP contribution in [0.15, 0.2) is 47.5 Å². The number of amides is 1. The van der Waals surface area contributed by atoms with Gasteiger partial charge in [0.15, 0.2) is 0 Å². The van der Waals surface area contributed by atoms with Gasteiger partial charge >= 0.3 is 0 Å². The minimum absolute atomic E-state index is 0.0351. The van der Waals surface area contributed by atoms with Crippen molar-refractivity contribution in [3.63, 3.8) is 0 Å². The lowest BCUT2D eigenvalue weighted by Gasteiger charge is -2.39. The molecule has 0 aliphatic carbocycles. The van der Waals surface area contributed by atoms with Crippen LogP contribution in [0, 0.1) is 13.8 Å². The lowest BCUT2D eigenvalue weighted by atomic mass is 10.1. The van der Waals surface area contributed by atoms with E-state index in [-0.39, 0.29) is 17.5 Å². The van der Waals surface area contributed by atoms with E-state index in [4.69, 9.17) is 4.98 Å². The molecular weight excluding hydrogens is 454 g/mol. The number of fused-ring (bicyclic) bond motifs is 1. The maximum Gasteiger partial charge on any atom is 0.274 e. The Balaban J connectivity index is 1.46. The van der Waals surface area contributed by atoms with Crippen LogP contribution in [0.5, 0.6) is 0 Å². The molecular formula is C27H31N7O2. The molecule has 1 fully saturated rings. The van der Waals surface area contributed by atoms with Gasteiger partial charge in [0.05, 0.1) is 23.1 Å². The Morgan fingerprint density at radius 3 is 2.50 bits per heavy atom. The van der Waals surface area contributed by atoms with Crippen molar-refractivity contribution in [3.05, 3.63) is 70.0 Å². The van der Waals surface area contributed by atoms with Gasteiger partial charge in [-0.2, -0.15) is 0 Å². The van der Waals surface area contributed by atoms with Gasteiger partial charge in [-0.05, 0) is 50.1 Å². The maximum atomic E-state index is 12.9. The minimum Gasteiger partial charge on any atom is -0.339 e. The van der Waals surface area contributed by atoms with Gasteiger partial charge in [-0.3, -0.25) is 23.9 Å². The number of anilines is 1.